The number of ether oxygens (including phenoxy) is 2. The molecule has 30 heavy (non-hydrogen) atoms. The monoisotopic (exact) mass is 391 g/mol. The predicted octanol–water partition coefficient (Wildman–Crippen LogP) is 6.75. The molecule has 0 amide bonds. The Morgan fingerprint density at radius 1 is 0.733 bits per heavy atom. The topological polar surface area (TPSA) is 36.0 Å². The maximum atomic E-state index is 6.34. The Bertz CT molecular complexity index is 1770. The second kappa shape index (κ2) is 5.36. The number of hydrogen-bond donors (Lipinski definition) is 0. The van der Waals surface area contributed by atoms with E-state index in [4.69, 9.17) is 13.9 Å². The van der Waals surface area contributed by atoms with Gasteiger partial charge in [0.1, 0.15) is 22.6 Å². The third-order valence-electron chi connectivity index (χ3n) is 6.30. The highest BCUT2D eigenvalue weighted by molar-refractivity contribution is 6.28. The maximum Gasteiger partial charge on any atom is 0.165 e. The average Bonchev–Trinajstić information content (AvgIpc) is 3.42. The summed E-state index contributed by atoms with van der Waals surface area (Å²) in [6.45, 7) is 0. The summed E-state index contributed by atoms with van der Waals surface area (Å²) in [6.07, 6.45) is 0. The Morgan fingerprint density at radius 3 is 2.50 bits per heavy atom. The first kappa shape index (κ1) is 15.9. The highest BCUT2D eigenvalue weighted by Crippen LogP contribution is 2.46. The van der Waals surface area contributed by atoms with Gasteiger partial charge in [-0.05, 0) is 59.3 Å². The van der Waals surface area contributed by atoms with Gasteiger partial charge in [0.05, 0.1) is 30.6 Å². The lowest BCUT2D eigenvalue weighted by molar-refractivity contribution is 0.415. The molecule has 4 aromatic carbocycles. The summed E-state index contributed by atoms with van der Waals surface area (Å²) < 4.78 is 19.9. The van der Waals surface area contributed by atoms with E-state index in [1.807, 2.05) is 24.3 Å². The van der Waals surface area contributed by atoms with Crippen molar-refractivity contribution in [3.8, 4) is 11.5 Å². The van der Waals surface area contributed by atoms with Crippen molar-refractivity contribution in [2.24, 2.45) is 0 Å². The highest BCUT2D eigenvalue weighted by atomic mass is 16.5. The van der Waals surface area contributed by atoms with Gasteiger partial charge in [0.25, 0.3) is 0 Å². The van der Waals surface area contributed by atoms with Crippen molar-refractivity contribution in [2.45, 2.75) is 0 Å². The van der Waals surface area contributed by atoms with Crippen LogP contribution in [0.3, 0.4) is 0 Å². The quantitative estimate of drug-likeness (QED) is 0.327. The third-order valence-corrected chi connectivity index (χ3v) is 6.30. The number of aromatic nitrogens is 1. The first-order chi connectivity index (χ1) is 14.8. The van der Waals surface area contributed by atoms with Crippen molar-refractivity contribution in [3.63, 3.8) is 0 Å². The van der Waals surface area contributed by atoms with Crippen molar-refractivity contribution < 1.29 is 13.9 Å². The summed E-state index contributed by atoms with van der Waals surface area (Å²) in [4.78, 5) is 0. The van der Waals surface area contributed by atoms with Crippen molar-refractivity contribution in [2.75, 3.05) is 14.2 Å². The van der Waals surface area contributed by atoms with E-state index >= 15 is 0 Å². The normalized spacial score (nSPS) is 12.3. The lowest BCUT2D eigenvalue weighted by Gasteiger charge is -2.04. The van der Waals surface area contributed by atoms with Crippen molar-refractivity contribution in [1.82, 2.24) is 4.40 Å². The van der Waals surface area contributed by atoms with Crippen molar-refractivity contribution in [3.05, 3.63) is 66.7 Å². The van der Waals surface area contributed by atoms with Crippen LogP contribution >= 0.6 is 0 Å². The number of benzene rings is 4. The Hall–Kier alpha value is -3.92. The maximum absolute atomic E-state index is 6.34. The fourth-order valence-corrected chi connectivity index (χ4v) is 4.98. The Labute approximate surface area is 171 Å². The summed E-state index contributed by atoms with van der Waals surface area (Å²) in [5, 5.41) is 6.90. The first-order valence-corrected chi connectivity index (χ1v) is 9.93. The standard InChI is InChI=1S/C26H17NO3/c1-28-16-8-7-14-12-19-17-9-10-22(29-2)23-24(17)27(20(19)13-15(14)11-16)25-18-5-3-4-6-21(18)30-26(23)25/h3-13H,1-2H3. The van der Waals surface area contributed by atoms with E-state index in [0.717, 1.165) is 55.4 Å². The molecule has 0 spiro atoms. The number of furan rings is 1. The van der Waals surface area contributed by atoms with Gasteiger partial charge in [-0.3, -0.25) is 0 Å². The van der Waals surface area contributed by atoms with Gasteiger partial charge in [0.15, 0.2) is 5.58 Å². The van der Waals surface area contributed by atoms with E-state index in [1.165, 1.54) is 16.2 Å². The van der Waals surface area contributed by atoms with Gasteiger partial charge in [0, 0.05) is 16.2 Å². The number of para-hydroxylation sites is 1. The number of methoxy groups -OCH3 is 2. The molecule has 0 saturated heterocycles. The fourth-order valence-electron chi connectivity index (χ4n) is 4.98. The molecule has 4 heteroatoms. The molecule has 0 aliphatic carbocycles. The Morgan fingerprint density at radius 2 is 1.63 bits per heavy atom. The molecule has 144 valence electrons. The smallest absolute Gasteiger partial charge is 0.165 e. The lowest BCUT2D eigenvalue weighted by atomic mass is 10.0. The van der Waals surface area contributed by atoms with Crippen LogP contribution in [-0.4, -0.2) is 18.6 Å². The molecule has 0 unspecified atom stereocenters. The number of nitrogens with zero attached hydrogens (tertiary/aromatic N) is 1. The molecule has 0 atom stereocenters. The molecule has 3 heterocycles. The van der Waals surface area contributed by atoms with Crippen LogP contribution < -0.4 is 9.47 Å². The molecule has 7 aromatic rings. The minimum atomic E-state index is 0.829. The summed E-state index contributed by atoms with van der Waals surface area (Å²) in [5.74, 6) is 1.69. The molecule has 0 saturated carbocycles. The largest absolute Gasteiger partial charge is 0.497 e. The van der Waals surface area contributed by atoms with E-state index < -0.39 is 0 Å². The third kappa shape index (κ3) is 1.77. The van der Waals surface area contributed by atoms with Gasteiger partial charge >= 0.3 is 0 Å². The Balaban J connectivity index is 1.81. The second-order valence-corrected chi connectivity index (χ2v) is 7.73. The molecule has 4 nitrogen and oxygen atoms in total. The molecular formula is C26H17NO3. The second-order valence-electron chi connectivity index (χ2n) is 7.73. The number of hydrogen-bond acceptors (Lipinski definition) is 3. The molecule has 0 radical (unpaired) electrons. The van der Waals surface area contributed by atoms with Gasteiger partial charge in [-0.25, -0.2) is 0 Å². The van der Waals surface area contributed by atoms with Gasteiger partial charge in [-0.15, -0.1) is 0 Å². The van der Waals surface area contributed by atoms with Crippen LogP contribution in [0, 0.1) is 0 Å². The molecule has 3 aromatic heterocycles. The van der Waals surface area contributed by atoms with Gasteiger partial charge < -0.3 is 18.3 Å². The van der Waals surface area contributed by atoms with Crippen LogP contribution in [0.15, 0.2) is 71.1 Å². The highest BCUT2D eigenvalue weighted by Gasteiger charge is 2.24. The zero-order valence-corrected chi connectivity index (χ0v) is 16.5. The molecule has 0 aliphatic rings. The summed E-state index contributed by atoms with van der Waals surface area (Å²) in [6, 6.07) is 23.1. The minimum Gasteiger partial charge on any atom is -0.497 e. The number of fused-ring (bicyclic) bond motifs is 9. The Kier molecular flexibility index (Phi) is 2.85. The zero-order chi connectivity index (χ0) is 20.0. The molecular weight excluding hydrogens is 374 g/mol. The molecule has 7 rings (SSSR count). The van der Waals surface area contributed by atoms with Crippen molar-refractivity contribution in [1.29, 1.82) is 0 Å². The van der Waals surface area contributed by atoms with E-state index in [-0.39, 0.29) is 0 Å². The van der Waals surface area contributed by atoms with Crippen LogP contribution in [-0.2, 0) is 0 Å². The first-order valence-electron chi connectivity index (χ1n) is 9.93. The molecule has 0 aliphatic heterocycles. The van der Waals surface area contributed by atoms with Crippen LogP contribution in [0.4, 0.5) is 0 Å². The van der Waals surface area contributed by atoms with Crippen LogP contribution in [0.1, 0.15) is 0 Å². The van der Waals surface area contributed by atoms with Crippen molar-refractivity contribution >= 4 is 60.0 Å². The van der Waals surface area contributed by atoms with Crippen LogP contribution in [0.2, 0.25) is 0 Å². The fraction of sp³-hybridized carbons (Fsp3) is 0.0769. The minimum absolute atomic E-state index is 0.829. The SMILES string of the molecule is COc1ccc2cc3c4ccc(OC)c5c6oc7ccccc7c6n(c3cc2c1)c45. The van der Waals surface area contributed by atoms with Crippen LogP contribution in [0.5, 0.6) is 11.5 Å². The average molecular weight is 391 g/mol. The van der Waals surface area contributed by atoms with Gasteiger partial charge in [0.2, 0.25) is 0 Å². The van der Waals surface area contributed by atoms with E-state index in [0.29, 0.717) is 0 Å². The predicted molar refractivity (Wildman–Crippen MR) is 121 cm³/mol. The van der Waals surface area contributed by atoms with Crippen LogP contribution in [0.25, 0.3) is 60.0 Å². The van der Waals surface area contributed by atoms with E-state index in [2.05, 4.69) is 46.9 Å². The summed E-state index contributed by atoms with van der Waals surface area (Å²) in [7, 11) is 3.42. The molecule has 0 bridgehead atoms. The molecule has 0 N–H and O–H groups in total. The van der Waals surface area contributed by atoms with E-state index in [1.54, 1.807) is 14.2 Å². The summed E-state index contributed by atoms with van der Waals surface area (Å²) in [5.41, 5.74) is 5.15. The van der Waals surface area contributed by atoms with Gasteiger partial charge in [-0.2, -0.15) is 0 Å². The lowest BCUT2D eigenvalue weighted by Crippen LogP contribution is -1.84. The van der Waals surface area contributed by atoms with Gasteiger partial charge in [-0.1, -0.05) is 18.2 Å². The molecule has 0 fully saturated rings. The summed E-state index contributed by atoms with van der Waals surface area (Å²) >= 11 is 0. The zero-order valence-electron chi connectivity index (χ0n) is 16.5. The van der Waals surface area contributed by atoms with E-state index in [9.17, 15) is 0 Å². The number of rotatable bonds is 2.